The summed E-state index contributed by atoms with van der Waals surface area (Å²) < 4.78 is 18.9. The van der Waals surface area contributed by atoms with E-state index in [1.165, 1.54) is 24.0 Å². The second-order valence-electron chi connectivity index (χ2n) is 9.00. The Hall–Kier alpha value is -4.13. The van der Waals surface area contributed by atoms with Crippen molar-refractivity contribution in [1.82, 2.24) is 14.8 Å². The molecule has 37 heavy (non-hydrogen) atoms. The van der Waals surface area contributed by atoms with Crippen LogP contribution in [0.15, 0.2) is 79.0 Å². The number of nitrogens with zero attached hydrogens (tertiary/aromatic N) is 2. The van der Waals surface area contributed by atoms with Crippen LogP contribution < -0.4 is 4.74 Å². The monoisotopic (exact) mass is 501 g/mol. The number of rotatable bonds is 11. The summed E-state index contributed by atoms with van der Waals surface area (Å²) in [6, 6.07) is 21.8. The summed E-state index contributed by atoms with van der Waals surface area (Å²) in [5.74, 6) is 0.0827. The molecule has 6 nitrogen and oxygen atoms in total. The molecule has 0 unspecified atom stereocenters. The van der Waals surface area contributed by atoms with Gasteiger partial charge in [0.25, 0.3) is 0 Å². The van der Waals surface area contributed by atoms with Crippen LogP contribution in [0.1, 0.15) is 30.5 Å². The summed E-state index contributed by atoms with van der Waals surface area (Å²) in [7, 11) is 0. The number of fused-ring (bicyclic) bond motifs is 1. The van der Waals surface area contributed by atoms with Crippen molar-refractivity contribution in [1.29, 1.82) is 0 Å². The number of carbonyl (C=O) groups is 2. The highest BCUT2D eigenvalue weighted by atomic mass is 19.1. The number of aromatic amines is 1. The molecule has 0 fully saturated rings. The zero-order valence-electron chi connectivity index (χ0n) is 21.2. The van der Waals surface area contributed by atoms with Gasteiger partial charge in [-0.1, -0.05) is 42.5 Å². The van der Waals surface area contributed by atoms with Crippen LogP contribution in [0.2, 0.25) is 0 Å². The number of hydrogen-bond acceptors (Lipinski definition) is 3. The zero-order valence-corrected chi connectivity index (χ0v) is 21.2. The van der Waals surface area contributed by atoms with Gasteiger partial charge in [0.2, 0.25) is 11.8 Å². The minimum Gasteiger partial charge on any atom is -0.494 e. The first-order valence-corrected chi connectivity index (χ1v) is 12.5. The van der Waals surface area contributed by atoms with E-state index in [0.29, 0.717) is 26.1 Å². The Bertz CT molecular complexity index is 1330. The largest absolute Gasteiger partial charge is 0.494 e. The van der Waals surface area contributed by atoms with Gasteiger partial charge in [-0.15, -0.1) is 0 Å². The fourth-order valence-corrected chi connectivity index (χ4v) is 4.32. The van der Waals surface area contributed by atoms with E-state index < -0.39 is 0 Å². The van der Waals surface area contributed by atoms with E-state index in [4.69, 9.17) is 4.74 Å². The van der Waals surface area contributed by atoms with Gasteiger partial charge in [-0.05, 0) is 60.4 Å². The standard InChI is InChI=1S/C30H32FN3O3/c1-3-37-27-14-10-24(11-15-27)19-33(17-16-25-18-32-29-7-5-4-6-28(25)29)30(36)21-34(22(2)35)20-23-8-12-26(31)13-9-23/h4-15,18,32H,3,16-17,19-21H2,1-2H3. The maximum Gasteiger partial charge on any atom is 0.242 e. The first-order chi connectivity index (χ1) is 17.9. The van der Waals surface area contributed by atoms with Crippen LogP contribution in [0, 0.1) is 5.82 Å². The predicted octanol–water partition coefficient (Wildman–Crippen LogP) is 5.33. The van der Waals surface area contributed by atoms with Crippen LogP contribution in [0.25, 0.3) is 10.9 Å². The molecule has 1 N–H and O–H groups in total. The minimum atomic E-state index is -0.340. The molecule has 0 aliphatic rings. The van der Waals surface area contributed by atoms with Gasteiger partial charge in [0.1, 0.15) is 18.1 Å². The van der Waals surface area contributed by atoms with Gasteiger partial charge >= 0.3 is 0 Å². The van der Waals surface area contributed by atoms with Crippen molar-refractivity contribution in [3.05, 3.63) is 102 Å². The first-order valence-electron chi connectivity index (χ1n) is 12.5. The molecule has 192 valence electrons. The second-order valence-corrected chi connectivity index (χ2v) is 9.00. The average molecular weight is 502 g/mol. The number of amides is 2. The summed E-state index contributed by atoms with van der Waals surface area (Å²) in [5, 5.41) is 1.14. The number of H-pyrrole nitrogens is 1. The molecule has 1 aromatic heterocycles. The van der Waals surface area contributed by atoms with E-state index in [9.17, 15) is 14.0 Å². The highest BCUT2D eigenvalue weighted by molar-refractivity contribution is 5.85. The smallest absolute Gasteiger partial charge is 0.242 e. The van der Waals surface area contributed by atoms with Crippen molar-refractivity contribution < 1.29 is 18.7 Å². The predicted molar refractivity (Wildman–Crippen MR) is 143 cm³/mol. The molecule has 1 heterocycles. The summed E-state index contributed by atoms with van der Waals surface area (Å²) >= 11 is 0. The Morgan fingerprint density at radius 1 is 0.892 bits per heavy atom. The van der Waals surface area contributed by atoms with Gasteiger partial charge in [0, 0.05) is 43.7 Å². The van der Waals surface area contributed by atoms with E-state index in [2.05, 4.69) is 11.1 Å². The second kappa shape index (κ2) is 12.2. The Labute approximate surface area is 216 Å². The molecule has 0 bridgehead atoms. The van der Waals surface area contributed by atoms with E-state index in [1.807, 2.05) is 55.6 Å². The van der Waals surface area contributed by atoms with Gasteiger partial charge in [-0.3, -0.25) is 9.59 Å². The molecular formula is C30H32FN3O3. The number of nitrogens with one attached hydrogen (secondary N) is 1. The number of benzene rings is 3. The van der Waals surface area contributed by atoms with Gasteiger partial charge in [0.05, 0.1) is 6.61 Å². The lowest BCUT2D eigenvalue weighted by Crippen LogP contribution is -2.42. The first kappa shape index (κ1) is 25.9. The topological polar surface area (TPSA) is 65.6 Å². The van der Waals surface area contributed by atoms with E-state index >= 15 is 0 Å². The number of carbonyl (C=O) groups excluding carboxylic acids is 2. The Morgan fingerprint density at radius 3 is 2.22 bits per heavy atom. The maximum atomic E-state index is 13.5. The molecule has 0 radical (unpaired) electrons. The summed E-state index contributed by atoms with van der Waals surface area (Å²) in [6.07, 6.45) is 2.66. The molecule has 7 heteroatoms. The number of para-hydroxylation sites is 1. The van der Waals surface area contributed by atoms with Gasteiger partial charge in [-0.2, -0.15) is 0 Å². The van der Waals surface area contributed by atoms with Gasteiger partial charge < -0.3 is 19.5 Å². The third-order valence-electron chi connectivity index (χ3n) is 6.34. The lowest BCUT2D eigenvalue weighted by molar-refractivity contribution is -0.140. The third kappa shape index (κ3) is 6.97. The SMILES string of the molecule is CCOc1ccc(CN(CCc2c[nH]c3ccccc23)C(=O)CN(Cc2ccc(F)cc2)C(C)=O)cc1. The Morgan fingerprint density at radius 2 is 1.54 bits per heavy atom. The highest BCUT2D eigenvalue weighted by Crippen LogP contribution is 2.20. The zero-order chi connectivity index (χ0) is 26.2. The van der Waals surface area contributed by atoms with Crippen molar-refractivity contribution >= 4 is 22.7 Å². The molecule has 0 saturated heterocycles. The van der Waals surface area contributed by atoms with E-state index in [0.717, 1.165) is 33.3 Å². The number of ether oxygens (including phenoxy) is 1. The lowest BCUT2D eigenvalue weighted by Gasteiger charge is -2.27. The normalized spacial score (nSPS) is 10.9. The molecule has 2 amide bonds. The molecule has 0 aliphatic heterocycles. The number of halogens is 1. The van der Waals surface area contributed by atoms with E-state index in [-0.39, 0.29) is 30.7 Å². The van der Waals surface area contributed by atoms with Crippen LogP contribution in [-0.2, 0) is 29.1 Å². The van der Waals surface area contributed by atoms with Crippen LogP contribution >= 0.6 is 0 Å². The van der Waals surface area contributed by atoms with Crippen molar-refractivity contribution in [3.8, 4) is 5.75 Å². The van der Waals surface area contributed by atoms with Crippen molar-refractivity contribution in [2.45, 2.75) is 33.4 Å². The molecular weight excluding hydrogens is 469 g/mol. The van der Waals surface area contributed by atoms with Crippen LogP contribution in [0.4, 0.5) is 4.39 Å². The fourth-order valence-electron chi connectivity index (χ4n) is 4.32. The molecule has 3 aromatic carbocycles. The molecule has 4 rings (SSSR count). The summed E-state index contributed by atoms with van der Waals surface area (Å²) in [5.41, 5.74) is 3.93. The molecule has 0 aliphatic carbocycles. The summed E-state index contributed by atoms with van der Waals surface area (Å²) in [4.78, 5) is 32.5. The number of aromatic nitrogens is 1. The van der Waals surface area contributed by atoms with Gasteiger partial charge in [0.15, 0.2) is 0 Å². The molecule has 0 spiro atoms. The van der Waals surface area contributed by atoms with Crippen molar-refractivity contribution in [2.75, 3.05) is 19.7 Å². The van der Waals surface area contributed by atoms with Crippen molar-refractivity contribution in [3.63, 3.8) is 0 Å². The highest BCUT2D eigenvalue weighted by Gasteiger charge is 2.20. The maximum absolute atomic E-state index is 13.5. The lowest BCUT2D eigenvalue weighted by atomic mass is 10.1. The van der Waals surface area contributed by atoms with Gasteiger partial charge in [-0.25, -0.2) is 4.39 Å². The summed E-state index contributed by atoms with van der Waals surface area (Å²) in [6.45, 7) is 5.05. The fraction of sp³-hybridized carbons (Fsp3) is 0.267. The van der Waals surface area contributed by atoms with Crippen LogP contribution in [-0.4, -0.2) is 46.3 Å². The minimum absolute atomic E-state index is 0.0579. The number of hydrogen-bond donors (Lipinski definition) is 1. The van der Waals surface area contributed by atoms with Crippen molar-refractivity contribution in [2.24, 2.45) is 0 Å². The third-order valence-corrected chi connectivity index (χ3v) is 6.34. The molecule has 4 aromatic rings. The Kier molecular flexibility index (Phi) is 8.56. The Balaban J connectivity index is 1.51. The van der Waals surface area contributed by atoms with Crippen LogP contribution in [0.5, 0.6) is 5.75 Å². The van der Waals surface area contributed by atoms with Crippen LogP contribution in [0.3, 0.4) is 0 Å². The molecule has 0 saturated carbocycles. The average Bonchev–Trinajstić information content (AvgIpc) is 3.31. The quantitative estimate of drug-likeness (QED) is 0.302. The molecule has 0 atom stereocenters. The van der Waals surface area contributed by atoms with E-state index in [1.54, 1.807) is 17.0 Å².